The summed E-state index contributed by atoms with van der Waals surface area (Å²) in [7, 11) is 0. The van der Waals surface area contributed by atoms with E-state index in [9.17, 15) is 19.3 Å². The second-order valence-corrected chi connectivity index (χ2v) is 8.23. The third-order valence-electron chi connectivity index (χ3n) is 4.54. The van der Waals surface area contributed by atoms with E-state index in [1.807, 2.05) is 13.0 Å². The SMILES string of the molecule is CCOc1cc(/C=N/NC(=O)Cc2ccc(F)cc2)cc(I)c1OCc1ccc([N+](=O)[O-])cc1. The highest BCUT2D eigenvalue weighted by atomic mass is 127. The molecule has 3 aromatic rings. The number of hydrazone groups is 1. The first-order valence-corrected chi connectivity index (χ1v) is 11.3. The van der Waals surface area contributed by atoms with Gasteiger partial charge in [0.05, 0.1) is 27.7 Å². The number of halogens is 2. The number of hydrogen-bond acceptors (Lipinski definition) is 6. The number of nitro benzene ring substituents is 1. The predicted molar refractivity (Wildman–Crippen MR) is 134 cm³/mol. The van der Waals surface area contributed by atoms with Crippen LogP contribution >= 0.6 is 22.6 Å². The standard InChI is InChI=1S/C24H21FIN3O5/c1-2-33-22-12-18(14-27-28-23(30)13-16-3-7-19(25)8-4-16)11-21(26)24(22)34-15-17-5-9-20(10-6-17)29(31)32/h3-12,14H,2,13,15H2,1H3,(H,28,30)/b27-14+. The van der Waals surface area contributed by atoms with E-state index in [1.54, 1.807) is 30.3 Å². The summed E-state index contributed by atoms with van der Waals surface area (Å²) < 4.78 is 25.4. The van der Waals surface area contributed by atoms with Gasteiger partial charge >= 0.3 is 0 Å². The van der Waals surface area contributed by atoms with Crippen LogP contribution in [0.1, 0.15) is 23.6 Å². The van der Waals surface area contributed by atoms with Crippen molar-refractivity contribution in [3.05, 3.63) is 96.9 Å². The van der Waals surface area contributed by atoms with Crippen molar-refractivity contribution in [2.75, 3.05) is 6.61 Å². The van der Waals surface area contributed by atoms with E-state index in [0.717, 1.165) is 9.13 Å². The van der Waals surface area contributed by atoms with Crippen molar-refractivity contribution in [1.29, 1.82) is 0 Å². The Bertz CT molecular complexity index is 1180. The van der Waals surface area contributed by atoms with Gasteiger partial charge in [0.1, 0.15) is 12.4 Å². The Kier molecular flexibility index (Phi) is 8.91. The van der Waals surface area contributed by atoms with Gasteiger partial charge in [0.15, 0.2) is 11.5 Å². The van der Waals surface area contributed by atoms with Crippen LogP contribution in [0.2, 0.25) is 0 Å². The van der Waals surface area contributed by atoms with Crippen LogP contribution in [0.3, 0.4) is 0 Å². The minimum atomic E-state index is -0.452. The number of carbonyl (C=O) groups is 1. The first-order valence-electron chi connectivity index (χ1n) is 10.2. The normalized spacial score (nSPS) is 10.8. The van der Waals surface area contributed by atoms with Gasteiger partial charge in [-0.15, -0.1) is 0 Å². The Hall–Kier alpha value is -3.54. The zero-order valence-corrected chi connectivity index (χ0v) is 20.3. The number of ether oxygens (including phenoxy) is 2. The summed E-state index contributed by atoms with van der Waals surface area (Å²) in [6.45, 7) is 2.48. The van der Waals surface area contributed by atoms with Crippen molar-refractivity contribution in [1.82, 2.24) is 5.43 Å². The van der Waals surface area contributed by atoms with Gasteiger partial charge in [-0.3, -0.25) is 14.9 Å². The fraction of sp³-hybridized carbons (Fsp3) is 0.167. The summed E-state index contributed by atoms with van der Waals surface area (Å²) >= 11 is 2.12. The van der Waals surface area contributed by atoms with Gasteiger partial charge in [0.25, 0.3) is 5.69 Å². The Morgan fingerprint density at radius 2 is 1.79 bits per heavy atom. The van der Waals surface area contributed by atoms with Crippen molar-refractivity contribution in [3.8, 4) is 11.5 Å². The van der Waals surface area contributed by atoms with Gasteiger partial charge in [-0.2, -0.15) is 5.10 Å². The Morgan fingerprint density at radius 1 is 1.12 bits per heavy atom. The molecule has 0 saturated heterocycles. The maximum atomic E-state index is 13.0. The van der Waals surface area contributed by atoms with Crippen LogP contribution in [0.5, 0.6) is 11.5 Å². The fourth-order valence-electron chi connectivity index (χ4n) is 2.94. The largest absolute Gasteiger partial charge is 0.490 e. The molecule has 10 heteroatoms. The molecule has 0 aliphatic heterocycles. The summed E-state index contributed by atoms with van der Waals surface area (Å²) in [5.74, 6) is 0.362. The molecule has 8 nitrogen and oxygen atoms in total. The summed E-state index contributed by atoms with van der Waals surface area (Å²) in [6.07, 6.45) is 1.57. The van der Waals surface area contributed by atoms with Crippen molar-refractivity contribution in [2.45, 2.75) is 20.0 Å². The van der Waals surface area contributed by atoms with E-state index in [1.165, 1.54) is 30.5 Å². The summed E-state index contributed by atoms with van der Waals surface area (Å²) in [4.78, 5) is 22.4. The molecule has 0 atom stereocenters. The van der Waals surface area contributed by atoms with Crippen LogP contribution in [0.4, 0.5) is 10.1 Å². The molecule has 0 unspecified atom stereocenters. The monoisotopic (exact) mass is 577 g/mol. The van der Waals surface area contributed by atoms with Crippen molar-refractivity contribution < 1.29 is 23.6 Å². The first-order chi connectivity index (χ1) is 16.4. The summed E-state index contributed by atoms with van der Waals surface area (Å²) in [5, 5.41) is 14.8. The summed E-state index contributed by atoms with van der Waals surface area (Å²) in [5.41, 5.74) is 4.61. The number of benzene rings is 3. The van der Waals surface area contributed by atoms with Crippen LogP contribution < -0.4 is 14.9 Å². The molecule has 0 fully saturated rings. The topological polar surface area (TPSA) is 103 Å². The first kappa shape index (κ1) is 25.1. The molecule has 1 N–H and O–H groups in total. The van der Waals surface area contributed by atoms with Crippen molar-refractivity contribution in [2.24, 2.45) is 5.10 Å². The number of nitrogens with one attached hydrogen (secondary N) is 1. The smallest absolute Gasteiger partial charge is 0.269 e. The lowest BCUT2D eigenvalue weighted by Crippen LogP contribution is -2.19. The zero-order chi connectivity index (χ0) is 24.5. The van der Waals surface area contributed by atoms with Crippen molar-refractivity contribution in [3.63, 3.8) is 0 Å². The average Bonchev–Trinajstić information content (AvgIpc) is 2.80. The number of carbonyl (C=O) groups excluding carboxylic acids is 1. The molecule has 0 spiro atoms. The maximum Gasteiger partial charge on any atom is 0.269 e. The molecule has 3 rings (SSSR count). The quantitative estimate of drug-likeness (QED) is 0.158. The van der Waals surface area contributed by atoms with Gasteiger partial charge in [-0.25, -0.2) is 9.82 Å². The lowest BCUT2D eigenvalue weighted by atomic mass is 10.1. The van der Waals surface area contributed by atoms with E-state index in [4.69, 9.17) is 9.47 Å². The molecular formula is C24H21FIN3O5. The number of nitro groups is 1. The lowest BCUT2D eigenvalue weighted by molar-refractivity contribution is -0.384. The Balaban J connectivity index is 1.65. The van der Waals surface area contributed by atoms with Gasteiger partial charge in [0, 0.05) is 12.1 Å². The van der Waals surface area contributed by atoms with E-state index in [-0.39, 0.29) is 30.4 Å². The van der Waals surface area contributed by atoms with Gasteiger partial charge < -0.3 is 9.47 Å². The van der Waals surface area contributed by atoms with Gasteiger partial charge in [-0.1, -0.05) is 12.1 Å². The number of amides is 1. The molecule has 34 heavy (non-hydrogen) atoms. The second-order valence-electron chi connectivity index (χ2n) is 7.07. The minimum Gasteiger partial charge on any atom is -0.490 e. The molecule has 0 aliphatic rings. The fourth-order valence-corrected chi connectivity index (χ4v) is 3.72. The second kappa shape index (κ2) is 12.1. The Labute approximate surface area is 209 Å². The molecule has 0 bridgehead atoms. The van der Waals surface area contributed by atoms with Crippen molar-refractivity contribution >= 4 is 40.4 Å². The molecular weight excluding hydrogens is 556 g/mol. The molecule has 0 radical (unpaired) electrons. The van der Waals surface area contributed by atoms with Crippen LogP contribution in [-0.4, -0.2) is 23.7 Å². The molecule has 0 aromatic heterocycles. The maximum absolute atomic E-state index is 13.0. The number of non-ortho nitro benzene ring substituents is 1. The van der Waals surface area contributed by atoms with E-state index < -0.39 is 4.92 Å². The molecule has 3 aromatic carbocycles. The molecule has 0 aliphatic carbocycles. The third-order valence-corrected chi connectivity index (χ3v) is 5.34. The van der Waals surface area contributed by atoms with E-state index in [0.29, 0.717) is 29.2 Å². The molecule has 0 saturated carbocycles. The highest BCUT2D eigenvalue weighted by molar-refractivity contribution is 14.1. The lowest BCUT2D eigenvalue weighted by Gasteiger charge is -2.14. The molecule has 1 amide bonds. The van der Waals surface area contributed by atoms with E-state index in [2.05, 4.69) is 33.1 Å². The molecule has 176 valence electrons. The van der Waals surface area contributed by atoms with Crippen LogP contribution in [0, 0.1) is 19.5 Å². The molecule has 0 heterocycles. The number of nitrogens with zero attached hydrogens (tertiary/aromatic N) is 2. The third kappa shape index (κ3) is 7.24. The van der Waals surface area contributed by atoms with E-state index >= 15 is 0 Å². The van der Waals surface area contributed by atoms with Gasteiger partial charge in [-0.05, 0) is 82.6 Å². The number of hydrogen-bond donors (Lipinski definition) is 1. The number of rotatable bonds is 10. The zero-order valence-electron chi connectivity index (χ0n) is 18.2. The van der Waals surface area contributed by atoms with Crippen LogP contribution in [0.15, 0.2) is 65.8 Å². The highest BCUT2D eigenvalue weighted by Crippen LogP contribution is 2.34. The average molecular weight is 577 g/mol. The highest BCUT2D eigenvalue weighted by Gasteiger charge is 2.13. The van der Waals surface area contributed by atoms with Crippen LogP contribution in [0.25, 0.3) is 0 Å². The minimum absolute atomic E-state index is 0.0155. The predicted octanol–water partition coefficient (Wildman–Crippen LogP) is 5.01. The Morgan fingerprint density at radius 3 is 2.44 bits per heavy atom. The summed E-state index contributed by atoms with van der Waals surface area (Å²) in [6, 6.07) is 15.4. The van der Waals surface area contributed by atoms with Gasteiger partial charge in [0.2, 0.25) is 5.91 Å². The van der Waals surface area contributed by atoms with Crippen LogP contribution in [-0.2, 0) is 17.8 Å².